The SMILES string of the molecule is CC[C@@H](C(=O)NCC(C)C)N(Cc1ccc(OC)cc1)C(=O)CN(c1ccccc1)S(=O)(=O)c1ccc(OC)cc1. The molecule has 0 saturated carbocycles. The lowest BCUT2D eigenvalue weighted by Crippen LogP contribution is -2.52. The van der Waals surface area contributed by atoms with E-state index in [1.165, 1.54) is 24.1 Å². The summed E-state index contributed by atoms with van der Waals surface area (Å²) in [6.07, 6.45) is 0.350. The molecule has 9 nitrogen and oxygen atoms in total. The average Bonchev–Trinajstić information content (AvgIpc) is 2.99. The number of methoxy groups -OCH3 is 2. The Labute approximate surface area is 243 Å². The first-order valence-electron chi connectivity index (χ1n) is 13.5. The summed E-state index contributed by atoms with van der Waals surface area (Å²) < 4.78 is 39.3. The van der Waals surface area contributed by atoms with Gasteiger partial charge in [0.1, 0.15) is 24.1 Å². The molecule has 3 rings (SSSR count). The van der Waals surface area contributed by atoms with Crippen molar-refractivity contribution in [2.24, 2.45) is 5.92 Å². The molecule has 220 valence electrons. The lowest BCUT2D eigenvalue weighted by atomic mass is 10.1. The minimum absolute atomic E-state index is 0.0124. The zero-order chi connectivity index (χ0) is 30.0. The van der Waals surface area contributed by atoms with Crippen LogP contribution in [0.25, 0.3) is 0 Å². The highest BCUT2D eigenvalue weighted by Crippen LogP contribution is 2.26. The molecule has 3 aromatic carbocycles. The second-order valence-corrected chi connectivity index (χ2v) is 11.8. The van der Waals surface area contributed by atoms with Crippen LogP contribution in [0.5, 0.6) is 11.5 Å². The van der Waals surface area contributed by atoms with Crippen molar-refractivity contribution >= 4 is 27.5 Å². The van der Waals surface area contributed by atoms with Gasteiger partial charge in [-0.3, -0.25) is 13.9 Å². The summed E-state index contributed by atoms with van der Waals surface area (Å²) in [5, 5.41) is 2.93. The van der Waals surface area contributed by atoms with Crippen molar-refractivity contribution in [2.45, 2.75) is 44.7 Å². The van der Waals surface area contributed by atoms with Gasteiger partial charge in [-0.15, -0.1) is 0 Å². The summed E-state index contributed by atoms with van der Waals surface area (Å²) in [4.78, 5) is 28.8. The molecule has 0 aromatic heterocycles. The Morgan fingerprint density at radius 3 is 1.93 bits per heavy atom. The van der Waals surface area contributed by atoms with Gasteiger partial charge in [-0.1, -0.05) is 51.1 Å². The Kier molecular flexibility index (Phi) is 11.2. The van der Waals surface area contributed by atoms with Crippen LogP contribution in [-0.2, 0) is 26.2 Å². The molecule has 2 amide bonds. The van der Waals surface area contributed by atoms with Crippen LogP contribution in [0.15, 0.2) is 83.8 Å². The number of benzene rings is 3. The van der Waals surface area contributed by atoms with E-state index in [1.54, 1.807) is 61.7 Å². The lowest BCUT2D eigenvalue weighted by Gasteiger charge is -2.33. The van der Waals surface area contributed by atoms with E-state index < -0.39 is 28.5 Å². The third-order valence-corrected chi connectivity index (χ3v) is 8.34. The van der Waals surface area contributed by atoms with Gasteiger partial charge in [0, 0.05) is 13.1 Å². The second-order valence-electron chi connectivity index (χ2n) is 9.96. The Balaban J connectivity index is 2.01. The van der Waals surface area contributed by atoms with Gasteiger partial charge in [-0.05, 0) is 66.4 Å². The second kappa shape index (κ2) is 14.5. The Bertz CT molecular complexity index is 1380. The number of para-hydroxylation sites is 1. The highest BCUT2D eigenvalue weighted by molar-refractivity contribution is 7.92. The first kappa shape index (κ1) is 31.5. The molecule has 0 heterocycles. The highest BCUT2D eigenvalue weighted by Gasteiger charge is 2.33. The van der Waals surface area contributed by atoms with Crippen LogP contribution >= 0.6 is 0 Å². The fraction of sp³-hybridized carbons (Fsp3) is 0.355. The van der Waals surface area contributed by atoms with Crippen LogP contribution in [0.4, 0.5) is 5.69 Å². The van der Waals surface area contributed by atoms with Crippen molar-refractivity contribution in [1.82, 2.24) is 10.2 Å². The van der Waals surface area contributed by atoms with Crippen molar-refractivity contribution in [2.75, 3.05) is 31.6 Å². The molecule has 1 atom stereocenters. The minimum Gasteiger partial charge on any atom is -0.497 e. The first-order chi connectivity index (χ1) is 19.6. The molecule has 3 aromatic rings. The van der Waals surface area contributed by atoms with Crippen molar-refractivity contribution in [3.8, 4) is 11.5 Å². The van der Waals surface area contributed by atoms with Crippen LogP contribution in [0.3, 0.4) is 0 Å². The van der Waals surface area contributed by atoms with E-state index in [4.69, 9.17) is 9.47 Å². The van der Waals surface area contributed by atoms with Gasteiger partial charge in [-0.2, -0.15) is 0 Å². The third kappa shape index (κ3) is 8.23. The molecular weight excluding hydrogens is 542 g/mol. The van der Waals surface area contributed by atoms with Crippen molar-refractivity contribution in [3.63, 3.8) is 0 Å². The topological polar surface area (TPSA) is 105 Å². The van der Waals surface area contributed by atoms with Gasteiger partial charge in [-0.25, -0.2) is 8.42 Å². The molecular formula is C31H39N3O6S. The van der Waals surface area contributed by atoms with Crippen molar-refractivity contribution in [1.29, 1.82) is 0 Å². The maximum Gasteiger partial charge on any atom is 0.264 e. The maximum atomic E-state index is 14.1. The molecule has 1 N–H and O–H groups in total. The van der Waals surface area contributed by atoms with Crippen LogP contribution in [0, 0.1) is 5.92 Å². The van der Waals surface area contributed by atoms with Crippen LogP contribution in [-0.4, -0.2) is 58.5 Å². The third-order valence-electron chi connectivity index (χ3n) is 6.55. The van der Waals surface area contributed by atoms with E-state index in [9.17, 15) is 18.0 Å². The minimum atomic E-state index is -4.15. The number of sulfonamides is 1. The normalized spacial score (nSPS) is 12.0. The number of amides is 2. The number of hydrogen-bond acceptors (Lipinski definition) is 6. The largest absolute Gasteiger partial charge is 0.497 e. The number of hydrogen-bond donors (Lipinski definition) is 1. The van der Waals surface area contributed by atoms with Gasteiger partial charge in [0.25, 0.3) is 10.0 Å². The average molecular weight is 582 g/mol. The van der Waals surface area contributed by atoms with Gasteiger partial charge in [0.05, 0.1) is 24.8 Å². The number of carbonyl (C=O) groups is 2. The number of anilines is 1. The lowest BCUT2D eigenvalue weighted by molar-refractivity contribution is -0.140. The summed E-state index contributed by atoms with van der Waals surface area (Å²) >= 11 is 0. The van der Waals surface area contributed by atoms with E-state index in [-0.39, 0.29) is 23.3 Å². The Hall–Kier alpha value is -4.05. The predicted molar refractivity (Wildman–Crippen MR) is 159 cm³/mol. The summed E-state index contributed by atoms with van der Waals surface area (Å²) in [5.74, 6) is 0.607. The standard InChI is InChI=1S/C31H39N3O6S/c1-6-29(31(36)32-20-23(2)3)33(21-24-12-14-26(39-4)15-13-24)30(35)22-34(25-10-8-7-9-11-25)41(37,38)28-18-16-27(40-5)17-19-28/h7-19,23,29H,6,20-22H2,1-5H3,(H,32,36)/t29-/m0/s1. The fourth-order valence-corrected chi connectivity index (χ4v) is 5.68. The number of nitrogens with one attached hydrogen (secondary N) is 1. The van der Waals surface area contributed by atoms with Crippen LogP contribution < -0.4 is 19.1 Å². The van der Waals surface area contributed by atoms with E-state index >= 15 is 0 Å². The van der Waals surface area contributed by atoms with E-state index in [0.717, 1.165) is 9.87 Å². The van der Waals surface area contributed by atoms with Gasteiger partial charge in [0.15, 0.2) is 0 Å². The summed E-state index contributed by atoms with van der Waals surface area (Å²) in [6, 6.07) is 20.8. The molecule has 0 radical (unpaired) electrons. The molecule has 0 aliphatic rings. The van der Waals surface area contributed by atoms with Gasteiger partial charge < -0.3 is 19.7 Å². The Morgan fingerprint density at radius 2 is 1.41 bits per heavy atom. The fourth-order valence-electron chi connectivity index (χ4n) is 4.27. The van der Waals surface area contributed by atoms with Crippen LogP contribution in [0.1, 0.15) is 32.8 Å². The summed E-state index contributed by atoms with van der Waals surface area (Å²) in [5.41, 5.74) is 1.11. The van der Waals surface area contributed by atoms with E-state index in [1.807, 2.05) is 32.9 Å². The molecule has 0 spiro atoms. The number of rotatable bonds is 14. The molecule has 10 heteroatoms. The first-order valence-corrected chi connectivity index (χ1v) is 15.0. The smallest absolute Gasteiger partial charge is 0.264 e. The predicted octanol–water partition coefficient (Wildman–Crippen LogP) is 4.48. The molecule has 0 aliphatic carbocycles. The molecule has 0 aliphatic heterocycles. The molecule has 0 bridgehead atoms. The number of nitrogens with zero attached hydrogens (tertiary/aromatic N) is 2. The zero-order valence-electron chi connectivity index (χ0n) is 24.2. The monoisotopic (exact) mass is 581 g/mol. The van der Waals surface area contributed by atoms with Crippen molar-refractivity contribution < 1.29 is 27.5 Å². The van der Waals surface area contributed by atoms with E-state index in [0.29, 0.717) is 30.2 Å². The zero-order valence-corrected chi connectivity index (χ0v) is 25.1. The van der Waals surface area contributed by atoms with Crippen LogP contribution in [0.2, 0.25) is 0 Å². The number of carbonyl (C=O) groups excluding carboxylic acids is 2. The Morgan fingerprint density at radius 1 is 0.854 bits per heavy atom. The molecule has 0 fully saturated rings. The summed E-state index contributed by atoms with van der Waals surface area (Å²) in [6.45, 7) is 5.88. The molecule has 41 heavy (non-hydrogen) atoms. The van der Waals surface area contributed by atoms with Gasteiger partial charge >= 0.3 is 0 Å². The number of ether oxygens (including phenoxy) is 2. The molecule has 0 unspecified atom stereocenters. The van der Waals surface area contributed by atoms with E-state index in [2.05, 4.69) is 5.32 Å². The quantitative estimate of drug-likeness (QED) is 0.301. The van der Waals surface area contributed by atoms with Gasteiger partial charge in [0.2, 0.25) is 11.8 Å². The molecule has 0 saturated heterocycles. The highest BCUT2D eigenvalue weighted by atomic mass is 32.2. The summed E-state index contributed by atoms with van der Waals surface area (Å²) in [7, 11) is -1.09. The van der Waals surface area contributed by atoms with Crippen molar-refractivity contribution in [3.05, 3.63) is 84.4 Å². The maximum absolute atomic E-state index is 14.1.